The van der Waals surface area contributed by atoms with Crippen LogP contribution in [0, 0.1) is 6.92 Å². The molecule has 0 unspecified atom stereocenters. The van der Waals surface area contributed by atoms with Gasteiger partial charge in [-0.1, -0.05) is 47.1 Å². The van der Waals surface area contributed by atoms with Gasteiger partial charge in [0.25, 0.3) is 0 Å². The predicted octanol–water partition coefficient (Wildman–Crippen LogP) is 3.43. The highest BCUT2D eigenvalue weighted by molar-refractivity contribution is 7.99. The van der Waals surface area contributed by atoms with Gasteiger partial charge in [-0.15, -0.1) is 10.2 Å². The summed E-state index contributed by atoms with van der Waals surface area (Å²) in [6, 6.07) is 12.3. The summed E-state index contributed by atoms with van der Waals surface area (Å²) in [6.07, 6.45) is 0. The van der Waals surface area contributed by atoms with E-state index >= 15 is 0 Å². The van der Waals surface area contributed by atoms with Gasteiger partial charge in [0.15, 0.2) is 11.0 Å². The zero-order valence-corrected chi connectivity index (χ0v) is 19.8. The Balaban J connectivity index is 1.69. The topological polar surface area (TPSA) is 97.2 Å². The number of halogens is 1. The molecule has 0 bridgehead atoms. The van der Waals surface area contributed by atoms with Gasteiger partial charge in [-0.25, -0.2) is 12.7 Å². The van der Waals surface area contributed by atoms with Crippen LogP contribution >= 0.6 is 23.4 Å². The highest BCUT2D eigenvalue weighted by Crippen LogP contribution is 2.27. The van der Waals surface area contributed by atoms with Gasteiger partial charge < -0.3 is 9.88 Å². The molecule has 0 fully saturated rings. The maximum Gasteiger partial charge on any atom is 0.244 e. The standard InChI is InChI=1S/C20H22ClN5O3S2/c1-13-6-5-7-14(10-13)19-23-24-20(26(19)4)30-12-18(27)22-15-8-9-16(21)17(11-15)31(28,29)25(2)3/h5-11H,12H2,1-4H3,(H,22,27). The number of nitrogens with one attached hydrogen (secondary N) is 1. The number of aryl methyl sites for hydroxylation is 1. The third-order valence-electron chi connectivity index (χ3n) is 4.42. The summed E-state index contributed by atoms with van der Waals surface area (Å²) < 4.78 is 27.7. The van der Waals surface area contributed by atoms with E-state index in [1.54, 1.807) is 6.07 Å². The van der Waals surface area contributed by atoms with E-state index in [1.807, 2.05) is 42.8 Å². The number of nitrogens with zero attached hydrogens (tertiary/aromatic N) is 4. The average molecular weight is 480 g/mol. The van der Waals surface area contributed by atoms with Crippen LogP contribution in [0.4, 0.5) is 5.69 Å². The normalized spacial score (nSPS) is 11.7. The lowest BCUT2D eigenvalue weighted by Gasteiger charge is -2.14. The number of aromatic nitrogens is 3. The highest BCUT2D eigenvalue weighted by atomic mass is 35.5. The van der Waals surface area contributed by atoms with Crippen molar-refractivity contribution in [2.24, 2.45) is 7.05 Å². The number of carbonyl (C=O) groups excluding carboxylic acids is 1. The van der Waals surface area contributed by atoms with Gasteiger partial charge in [0.1, 0.15) is 4.90 Å². The third kappa shape index (κ3) is 5.27. The van der Waals surface area contributed by atoms with Crippen molar-refractivity contribution >= 4 is 45.0 Å². The zero-order chi connectivity index (χ0) is 22.8. The Labute approximate surface area is 190 Å². The van der Waals surface area contributed by atoms with E-state index in [-0.39, 0.29) is 21.6 Å². The number of carbonyl (C=O) groups is 1. The van der Waals surface area contributed by atoms with E-state index in [1.165, 1.54) is 38.0 Å². The minimum absolute atomic E-state index is 0.0688. The van der Waals surface area contributed by atoms with Crippen LogP contribution < -0.4 is 5.32 Å². The van der Waals surface area contributed by atoms with Crippen molar-refractivity contribution in [2.75, 3.05) is 25.2 Å². The lowest BCUT2D eigenvalue weighted by Crippen LogP contribution is -2.23. The van der Waals surface area contributed by atoms with Crippen LogP contribution in [0.1, 0.15) is 5.56 Å². The van der Waals surface area contributed by atoms with Crippen LogP contribution in [0.2, 0.25) is 5.02 Å². The fourth-order valence-electron chi connectivity index (χ4n) is 2.78. The number of sulfonamides is 1. The molecule has 31 heavy (non-hydrogen) atoms. The van der Waals surface area contributed by atoms with Crippen LogP contribution in [0.5, 0.6) is 0 Å². The number of benzene rings is 2. The molecule has 3 rings (SSSR count). The van der Waals surface area contributed by atoms with Crippen LogP contribution in [0.3, 0.4) is 0 Å². The second-order valence-corrected chi connectivity index (χ2v) is 10.5. The first kappa shape index (κ1) is 23.3. The van der Waals surface area contributed by atoms with Crippen molar-refractivity contribution < 1.29 is 13.2 Å². The molecule has 1 heterocycles. The first-order chi connectivity index (χ1) is 14.6. The van der Waals surface area contributed by atoms with E-state index < -0.39 is 10.0 Å². The monoisotopic (exact) mass is 479 g/mol. The number of hydrogen-bond donors (Lipinski definition) is 1. The van der Waals surface area contributed by atoms with Crippen molar-refractivity contribution in [2.45, 2.75) is 17.0 Å². The summed E-state index contributed by atoms with van der Waals surface area (Å²) in [5.74, 6) is 0.488. The van der Waals surface area contributed by atoms with Crippen LogP contribution in [0.25, 0.3) is 11.4 Å². The first-order valence-corrected chi connectivity index (χ1v) is 12.0. The maximum absolute atomic E-state index is 12.4. The number of thioether (sulfide) groups is 1. The van der Waals surface area contributed by atoms with Gasteiger partial charge >= 0.3 is 0 Å². The summed E-state index contributed by atoms with van der Waals surface area (Å²) in [7, 11) is 0.945. The third-order valence-corrected chi connectivity index (χ3v) is 7.73. The fourth-order valence-corrected chi connectivity index (χ4v) is 4.88. The second kappa shape index (κ2) is 9.39. The molecule has 0 saturated heterocycles. The summed E-state index contributed by atoms with van der Waals surface area (Å²) in [5.41, 5.74) is 2.41. The fraction of sp³-hybridized carbons (Fsp3) is 0.250. The lowest BCUT2D eigenvalue weighted by molar-refractivity contribution is -0.113. The number of rotatable bonds is 7. The number of anilines is 1. The molecule has 3 aromatic rings. The first-order valence-electron chi connectivity index (χ1n) is 9.20. The van der Waals surface area contributed by atoms with E-state index in [9.17, 15) is 13.2 Å². The highest BCUT2D eigenvalue weighted by Gasteiger charge is 2.21. The predicted molar refractivity (Wildman–Crippen MR) is 123 cm³/mol. The molecule has 164 valence electrons. The molecule has 0 radical (unpaired) electrons. The van der Waals surface area contributed by atoms with E-state index in [0.29, 0.717) is 16.7 Å². The smallest absolute Gasteiger partial charge is 0.244 e. The Bertz CT molecular complexity index is 1230. The van der Waals surface area contributed by atoms with Crippen molar-refractivity contribution in [1.82, 2.24) is 19.1 Å². The molecule has 2 aromatic carbocycles. The van der Waals surface area contributed by atoms with Gasteiger partial charge in [0.05, 0.1) is 10.8 Å². The Morgan fingerprint density at radius 3 is 2.61 bits per heavy atom. The van der Waals surface area contributed by atoms with Crippen molar-refractivity contribution in [3.63, 3.8) is 0 Å². The second-order valence-electron chi connectivity index (χ2n) is 7.00. The molecule has 0 saturated carbocycles. The Morgan fingerprint density at radius 1 is 1.19 bits per heavy atom. The van der Waals surface area contributed by atoms with Crippen LogP contribution in [-0.4, -0.2) is 53.2 Å². The Hall–Kier alpha value is -2.40. The van der Waals surface area contributed by atoms with E-state index in [2.05, 4.69) is 15.5 Å². The van der Waals surface area contributed by atoms with E-state index in [0.717, 1.165) is 15.4 Å². The molecule has 0 spiro atoms. The van der Waals surface area contributed by atoms with Gasteiger partial charge in [0.2, 0.25) is 15.9 Å². The summed E-state index contributed by atoms with van der Waals surface area (Å²) >= 11 is 7.28. The molecule has 8 nitrogen and oxygen atoms in total. The Morgan fingerprint density at radius 2 is 1.94 bits per heavy atom. The molecular weight excluding hydrogens is 458 g/mol. The van der Waals surface area contributed by atoms with Crippen molar-refractivity contribution in [3.8, 4) is 11.4 Å². The molecule has 0 aliphatic heterocycles. The van der Waals surface area contributed by atoms with Crippen LogP contribution in [0.15, 0.2) is 52.5 Å². The molecule has 1 amide bonds. The van der Waals surface area contributed by atoms with E-state index in [4.69, 9.17) is 11.6 Å². The van der Waals surface area contributed by atoms with Gasteiger partial charge in [-0.2, -0.15) is 0 Å². The SMILES string of the molecule is Cc1cccc(-c2nnc(SCC(=O)Nc3ccc(Cl)c(S(=O)(=O)N(C)C)c3)n2C)c1. The largest absolute Gasteiger partial charge is 0.325 e. The maximum atomic E-state index is 12.4. The minimum Gasteiger partial charge on any atom is -0.325 e. The van der Waals surface area contributed by atoms with Gasteiger partial charge in [0, 0.05) is 32.4 Å². The molecule has 11 heteroatoms. The molecule has 0 aliphatic carbocycles. The van der Waals surface area contributed by atoms with Crippen molar-refractivity contribution in [1.29, 1.82) is 0 Å². The number of hydrogen-bond acceptors (Lipinski definition) is 6. The summed E-state index contributed by atoms with van der Waals surface area (Å²) in [6.45, 7) is 2.01. The minimum atomic E-state index is -3.73. The van der Waals surface area contributed by atoms with Crippen LogP contribution in [-0.2, 0) is 21.9 Å². The molecule has 0 aliphatic rings. The zero-order valence-electron chi connectivity index (χ0n) is 17.5. The summed E-state index contributed by atoms with van der Waals surface area (Å²) in [5, 5.41) is 11.8. The Kier molecular flexibility index (Phi) is 7.05. The molecular formula is C20H22ClN5O3S2. The molecule has 1 aromatic heterocycles. The van der Waals surface area contributed by atoms with Gasteiger partial charge in [-0.05, 0) is 31.2 Å². The van der Waals surface area contributed by atoms with Gasteiger partial charge in [-0.3, -0.25) is 4.79 Å². The quantitative estimate of drug-likeness (QED) is 0.521. The molecule has 1 N–H and O–H groups in total. The average Bonchev–Trinajstić information content (AvgIpc) is 3.08. The summed E-state index contributed by atoms with van der Waals surface area (Å²) in [4.78, 5) is 12.3. The van der Waals surface area contributed by atoms with Crippen molar-refractivity contribution in [3.05, 3.63) is 53.1 Å². The molecule has 0 atom stereocenters. The number of amides is 1. The lowest BCUT2D eigenvalue weighted by atomic mass is 10.1.